The van der Waals surface area contributed by atoms with Crippen molar-refractivity contribution < 1.29 is 4.79 Å². The Hall–Kier alpha value is -0.280. The molecular formula is C13H25ClN2O. The zero-order chi connectivity index (χ0) is 11.6. The Morgan fingerprint density at radius 2 is 1.71 bits per heavy atom. The molecule has 1 amide bonds. The summed E-state index contributed by atoms with van der Waals surface area (Å²) in [6, 6.07) is 0.379. The second kappa shape index (κ2) is 6.05. The molecule has 0 radical (unpaired) electrons. The van der Waals surface area contributed by atoms with E-state index in [0.717, 1.165) is 44.4 Å². The lowest BCUT2D eigenvalue weighted by Gasteiger charge is -2.30. The number of amides is 1. The maximum Gasteiger partial charge on any atom is 0.240 e. The molecule has 0 bridgehead atoms. The molecule has 2 fully saturated rings. The van der Waals surface area contributed by atoms with Crippen LogP contribution in [-0.4, -0.2) is 17.5 Å². The third kappa shape index (κ3) is 3.59. The van der Waals surface area contributed by atoms with Crippen molar-refractivity contribution in [2.75, 3.05) is 0 Å². The van der Waals surface area contributed by atoms with E-state index >= 15 is 0 Å². The van der Waals surface area contributed by atoms with Crippen molar-refractivity contribution in [2.24, 2.45) is 11.7 Å². The van der Waals surface area contributed by atoms with Crippen molar-refractivity contribution in [1.29, 1.82) is 0 Å². The van der Waals surface area contributed by atoms with Crippen LogP contribution in [0, 0.1) is 5.92 Å². The van der Waals surface area contributed by atoms with Crippen LogP contribution in [0.25, 0.3) is 0 Å². The number of rotatable bonds is 2. The van der Waals surface area contributed by atoms with Crippen molar-refractivity contribution in [3.05, 3.63) is 0 Å². The summed E-state index contributed by atoms with van der Waals surface area (Å²) in [6.07, 6.45) is 8.66. The normalized spacial score (nSPS) is 31.6. The molecular weight excluding hydrogens is 236 g/mol. The van der Waals surface area contributed by atoms with E-state index in [1.54, 1.807) is 0 Å². The molecule has 3 N–H and O–H groups in total. The molecule has 0 saturated heterocycles. The van der Waals surface area contributed by atoms with Crippen LogP contribution in [-0.2, 0) is 4.79 Å². The molecule has 17 heavy (non-hydrogen) atoms. The van der Waals surface area contributed by atoms with Crippen LogP contribution in [0.4, 0.5) is 0 Å². The monoisotopic (exact) mass is 260 g/mol. The van der Waals surface area contributed by atoms with E-state index in [9.17, 15) is 4.79 Å². The molecule has 0 heterocycles. The van der Waals surface area contributed by atoms with E-state index < -0.39 is 5.54 Å². The van der Waals surface area contributed by atoms with Gasteiger partial charge in [0.15, 0.2) is 0 Å². The third-order valence-electron chi connectivity index (χ3n) is 4.30. The smallest absolute Gasteiger partial charge is 0.240 e. The molecule has 4 heteroatoms. The van der Waals surface area contributed by atoms with E-state index in [2.05, 4.69) is 12.2 Å². The average molecular weight is 261 g/mol. The number of halogens is 1. The van der Waals surface area contributed by atoms with Crippen LogP contribution >= 0.6 is 12.4 Å². The maximum atomic E-state index is 12.1. The minimum atomic E-state index is -0.553. The second-order valence-electron chi connectivity index (χ2n) is 5.79. The standard InChI is InChI=1S/C13H24N2O.ClH/c1-10-4-6-11(7-5-10)15-12(16)13(14)8-2-3-9-13;/h10-11H,2-9,14H2,1H3,(H,15,16);1H. The maximum absolute atomic E-state index is 12.1. The molecule has 2 rings (SSSR count). The molecule has 0 spiro atoms. The lowest BCUT2D eigenvalue weighted by molar-refractivity contribution is -0.127. The van der Waals surface area contributed by atoms with Gasteiger partial charge in [-0.1, -0.05) is 19.8 Å². The summed E-state index contributed by atoms with van der Waals surface area (Å²) in [4.78, 5) is 12.1. The molecule has 0 aromatic carbocycles. The van der Waals surface area contributed by atoms with E-state index in [-0.39, 0.29) is 18.3 Å². The van der Waals surface area contributed by atoms with Crippen LogP contribution in [0.3, 0.4) is 0 Å². The Balaban J connectivity index is 0.00000144. The fourth-order valence-corrected chi connectivity index (χ4v) is 2.97. The lowest BCUT2D eigenvalue weighted by atomic mass is 9.86. The van der Waals surface area contributed by atoms with E-state index in [1.807, 2.05) is 0 Å². The Bertz CT molecular complexity index is 256. The quantitative estimate of drug-likeness (QED) is 0.801. The summed E-state index contributed by atoms with van der Waals surface area (Å²) in [5.74, 6) is 0.927. The molecule has 0 aromatic heterocycles. The van der Waals surface area contributed by atoms with Gasteiger partial charge in [-0.05, 0) is 44.4 Å². The number of nitrogens with two attached hydrogens (primary N) is 1. The second-order valence-corrected chi connectivity index (χ2v) is 5.79. The van der Waals surface area contributed by atoms with Gasteiger partial charge in [0.25, 0.3) is 0 Å². The van der Waals surface area contributed by atoms with Gasteiger partial charge in [0.2, 0.25) is 5.91 Å². The van der Waals surface area contributed by atoms with Crippen LogP contribution in [0.2, 0.25) is 0 Å². The Kier molecular flexibility index (Phi) is 5.26. The van der Waals surface area contributed by atoms with Gasteiger partial charge in [0, 0.05) is 6.04 Å². The molecule has 2 aliphatic carbocycles. The Morgan fingerprint density at radius 1 is 1.18 bits per heavy atom. The topological polar surface area (TPSA) is 55.1 Å². The van der Waals surface area contributed by atoms with Gasteiger partial charge in [0.1, 0.15) is 0 Å². The van der Waals surface area contributed by atoms with Gasteiger partial charge in [0.05, 0.1) is 5.54 Å². The van der Waals surface area contributed by atoms with Gasteiger partial charge in [-0.25, -0.2) is 0 Å². The van der Waals surface area contributed by atoms with Crippen molar-refractivity contribution in [3.63, 3.8) is 0 Å². The van der Waals surface area contributed by atoms with Crippen LogP contribution in [0.5, 0.6) is 0 Å². The third-order valence-corrected chi connectivity index (χ3v) is 4.30. The highest BCUT2D eigenvalue weighted by atomic mass is 35.5. The van der Waals surface area contributed by atoms with Gasteiger partial charge in [-0.2, -0.15) is 0 Å². The average Bonchev–Trinajstić information content (AvgIpc) is 2.70. The number of hydrogen-bond donors (Lipinski definition) is 2. The molecule has 0 atom stereocenters. The predicted octanol–water partition coefficient (Wildman–Crippen LogP) is 2.37. The van der Waals surface area contributed by atoms with E-state index in [0.29, 0.717) is 6.04 Å². The van der Waals surface area contributed by atoms with Crippen LogP contribution in [0.1, 0.15) is 58.3 Å². The predicted molar refractivity (Wildman–Crippen MR) is 72.2 cm³/mol. The van der Waals surface area contributed by atoms with Crippen LogP contribution < -0.4 is 11.1 Å². The van der Waals surface area contributed by atoms with Gasteiger partial charge in [-0.15, -0.1) is 12.4 Å². The van der Waals surface area contributed by atoms with Crippen molar-refractivity contribution >= 4 is 18.3 Å². The Labute approximate surface area is 110 Å². The van der Waals surface area contributed by atoms with Crippen molar-refractivity contribution in [3.8, 4) is 0 Å². The first kappa shape index (κ1) is 14.8. The molecule has 0 aliphatic heterocycles. The first-order chi connectivity index (χ1) is 7.60. The van der Waals surface area contributed by atoms with Crippen LogP contribution in [0.15, 0.2) is 0 Å². The molecule has 100 valence electrons. The first-order valence-electron chi connectivity index (χ1n) is 6.70. The van der Waals surface area contributed by atoms with Crippen molar-refractivity contribution in [2.45, 2.75) is 69.9 Å². The molecule has 3 nitrogen and oxygen atoms in total. The molecule has 2 aliphatic rings. The minimum Gasteiger partial charge on any atom is -0.352 e. The largest absolute Gasteiger partial charge is 0.352 e. The SMILES string of the molecule is CC1CCC(NC(=O)C2(N)CCCC2)CC1.Cl. The van der Waals surface area contributed by atoms with Gasteiger partial charge < -0.3 is 11.1 Å². The number of nitrogens with one attached hydrogen (secondary N) is 1. The zero-order valence-electron chi connectivity index (χ0n) is 10.7. The van der Waals surface area contributed by atoms with Gasteiger partial charge in [-0.3, -0.25) is 4.79 Å². The summed E-state index contributed by atoms with van der Waals surface area (Å²) < 4.78 is 0. The summed E-state index contributed by atoms with van der Waals surface area (Å²) in [5.41, 5.74) is 5.58. The fraction of sp³-hybridized carbons (Fsp3) is 0.923. The van der Waals surface area contributed by atoms with E-state index in [4.69, 9.17) is 5.73 Å². The number of hydrogen-bond acceptors (Lipinski definition) is 2. The highest BCUT2D eigenvalue weighted by Gasteiger charge is 2.38. The molecule has 2 saturated carbocycles. The van der Waals surface area contributed by atoms with E-state index in [1.165, 1.54) is 12.8 Å². The number of carbonyl (C=O) groups is 1. The first-order valence-corrected chi connectivity index (χ1v) is 6.70. The Morgan fingerprint density at radius 3 is 2.24 bits per heavy atom. The fourth-order valence-electron chi connectivity index (χ4n) is 2.97. The lowest BCUT2D eigenvalue weighted by Crippen LogP contribution is -2.54. The van der Waals surface area contributed by atoms with Gasteiger partial charge >= 0.3 is 0 Å². The molecule has 0 unspecified atom stereocenters. The number of carbonyl (C=O) groups excluding carboxylic acids is 1. The summed E-state index contributed by atoms with van der Waals surface area (Å²) in [6.45, 7) is 2.29. The highest BCUT2D eigenvalue weighted by Crippen LogP contribution is 2.29. The molecule has 0 aromatic rings. The summed E-state index contributed by atoms with van der Waals surface area (Å²) in [5, 5.41) is 3.16. The highest BCUT2D eigenvalue weighted by molar-refractivity contribution is 5.86. The minimum absolute atomic E-state index is 0. The van der Waals surface area contributed by atoms with Crippen molar-refractivity contribution in [1.82, 2.24) is 5.32 Å². The summed E-state index contributed by atoms with van der Waals surface area (Å²) in [7, 11) is 0. The zero-order valence-corrected chi connectivity index (χ0v) is 11.5. The summed E-state index contributed by atoms with van der Waals surface area (Å²) >= 11 is 0.